The van der Waals surface area contributed by atoms with Crippen LogP contribution in [0.25, 0.3) is 0 Å². The van der Waals surface area contributed by atoms with Crippen molar-refractivity contribution >= 4 is 23.8 Å². The lowest BCUT2D eigenvalue weighted by Gasteiger charge is -2.02. The zero-order chi connectivity index (χ0) is 17.5. The minimum absolute atomic E-state index is 0.124. The summed E-state index contributed by atoms with van der Waals surface area (Å²) < 4.78 is 0. The van der Waals surface area contributed by atoms with Crippen LogP contribution in [-0.4, -0.2) is 28.1 Å². The second-order valence-corrected chi connectivity index (χ2v) is 4.78. The summed E-state index contributed by atoms with van der Waals surface area (Å²) in [6, 6.07) is 11.9. The van der Waals surface area contributed by atoms with E-state index in [0.717, 1.165) is 0 Å². The second kappa shape index (κ2) is 7.63. The number of aromatic carboxylic acids is 1. The molecule has 0 heterocycles. The third kappa shape index (κ3) is 4.47. The first-order chi connectivity index (χ1) is 11.5. The minimum Gasteiger partial charge on any atom is -0.478 e. The highest BCUT2D eigenvalue weighted by Crippen LogP contribution is 2.17. The van der Waals surface area contributed by atoms with Crippen molar-refractivity contribution < 1.29 is 19.6 Å². The van der Waals surface area contributed by atoms with E-state index in [2.05, 4.69) is 10.5 Å². The summed E-state index contributed by atoms with van der Waals surface area (Å²) in [7, 11) is 0. The number of hydrogen-bond donors (Lipinski definition) is 2. The van der Waals surface area contributed by atoms with Gasteiger partial charge < -0.3 is 5.11 Å². The third-order valence-corrected chi connectivity index (χ3v) is 3.10. The van der Waals surface area contributed by atoms with Crippen molar-refractivity contribution in [3.8, 4) is 0 Å². The molecule has 0 bridgehead atoms. The number of benzene rings is 2. The van der Waals surface area contributed by atoms with Gasteiger partial charge in [0.1, 0.15) is 0 Å². The van der Waals surface area contributed by atoms with Gasteiger partial charge in [0.15, 0.2) is 0 Å². The van der Waals surface area contributed by atoms with Gasteiger partial charge in [-0.1, -0.05) is 30.3 Å². The highest BCUT2D eigenvalue weighted by Gasteiger charge is 2.14. The van der Waals surface area contributed by atoms with Crippen molar-refractivity contribution in [3.63, 3.8) is 0 Å². The van der Waals surface area contributed by atoms with E-state index in [9.17, 15) is 19.7 Å². The average molecular weight is 327 g/mol. The van der Waals surface area contributed by atoms with E-state index in [0.29, 0.717) is 11.1 Å². The molecule has 0 atom stereocenters. The van der Waals surface area contributed by atoms with Crippen molar-refractivity contribution in [2.75, 3.05) is 0 Å². The fourth-order valence-corrected chi connectivity index (χ4v) is 1.94. The highest BCUT2D eigenvalue weighted by atomic mass is 16.6. The van der Waals surface area contributed by atoms with Crippen LogP contribution >= 0.6 is 0 Å². The lowest BCUT2D eigenvalue weighted by atomic mass is 10.1. The van der Waals surface area contributed by atoms with Gasteiger partial charge >= 0.3 is 5.97 Å². The van der Waals surface area contributed by atoms with Gasteiger partial charge in [0.25, 0.3) is 5.69 Å². The van der Waals surface area contributed by atoms with Gasteiger partial charge in [0.2, 0.25) is 5.91 Å². The molecular weight excluding hydrogens is 314 g/mol. The maximum atomic E-state index is 11.8. The van der Waals surface area contributed by atoms with Crippen LogP contribution in [0.2, 0.25) is 0 Å². The van der Waals surface area contributed by atoms with E-state index in [1.165, 1.54) is 36.5 Å². The Morgan fingerprint density at radius 3 is 2.46 bits per heavy atom. The molecule has 0 aliphatic carbocycles. The summed E-state index contributed by atoms with van der Waals surface area (Å²) in [5, 5.41) is 23.4. The molecule has 1 amide bonds. The van der Waals surface area contributed by atoms with Crippen LogP contribution in [0.4, 0.5) is 5.69 Å². The number of hydrogen-bond acceptors (Lipinski definition) is 5. The van der Waals surface area contributed by atoms with Gasteiger partial charge in [-0.15, -0.1) is 0 Å². The number of carbonyl (C=O) groups excluding carboxylic acids is 1. The lowest BCUT2D eigenvalue weighted by Crippen LogP contribution is -2.20. The summed E-state index contributed by atoms with van der Waals surface area (Å²) >= 11 is 0. The Kier molecular flexibility index (Phi) is 5.35. The molecule has 2 aromatic carbocycles. The smallest absolute Gasteiger partial charge is 0.335 e. The quantitative estimate of drug-likeness (QED) is 0.477. The predicted octanol–water partition coefficient (Wildman–Crippen LogP) is 1.99. The standard InChI is InChI=1S/C16H13N3O5/c20-15(9-13-3-1-2-4-14(13)19(23)24)18-17-10-11-5-7-12(8-6-11)16(21)22/h1-8,10H,9H2,(H,18,20)(H,21,22)/b17-10+. The average Bonchev–Trinajstić information content (AvgIpc) is 2.55. The molecule has 122 valence electrons. The Morgan fingerprint density at radius 2 is 1.83 bits per heavy atom. The molecule has 0 saturated heterocycles. The summed E-state index contributed by atoms with van der Waals surface area (Å²) in [5.41, 5.74) is 3.19. The van der Waals surface area contributed by atoms with E-state index in [-0.39, 0.29) is 17.7 Å². The van der Waals surface area contributed by atoms with E-state index >= 15 is 0 Å². The highest BCUT2D eigenvalue weighted by molar-refractivity contribution is 5.89. The fourth-order valence-electron chi connectivity index (χ4n) is 1.94. The topological polar surface area (TPSA) is 122 Å². The Labute approximate surface area is 136 Å². The number of rotatable bonds is 6. The van der Waals surface area contributed by atoms with E-state index in [4.69, 9.17) is 5.11 Å². The van der Waals surface area contributed by atoms with E-state index in [1.54, 1.807) is 18.2 Å². The van der Waals surface area contributed by atoms with Crippen molar-refractivity contribution in [2.24, 2.45) is 5.10 Å². The number of carboxylic acids is 1. The normalized spacial score (nSPS) is 10.5. The van der Waals surface area contributed by atoms with Crippen molar-refractivity contribution in [3.05, 3.63) is 75.3 Å². The molecule has 0 aromatic heterocycles. The molecular formula is C16H13N3O5. The van der Waals surface area contributed by atoms with Crippen LogP contribution in [0.3, 0.4) is 0 Å². The van der Waals surface area contributed by atoms with Crippen LogP contribution < -0.4 is 5.43 Å². The molecule has 0 aliphatic rings. The Hall–Kier alpha value is -3.55. The number of para-hydroxylation sites is 1. The Morgan fingerprint density at radius 1 is 1.17 bits per heavy atom. The van der Waals surface area contributed by atoms with Gasteiger partial charge in [-0.2, -0.15) is 5.10 Å². The zero-order valence-corrected chi connectivity index (χ0v) is 12.4. The SMILES string of the molecule is O=C(Cc1ccccc1[N+](=O)[O-])N/N=C/c1ccc(C(=O)O)cc1. The summed E-state index contributed by atoms with van der Waals surface area (Å²) in [5.74, 6) is -1.53. The molecule has 0 unspecified atom stereocenters. The Bertz CT molecular complexity index is 800. The monoisotopic (exact) mass is 327 g/mol. The number of hydrazone groups is 1. The first-order valence-corrected chi connectivity index (χ1v) is 6.85. The molecule has 2 N–H and O–H groups in total. The molecule has 0 aliphatic heterocycles. The molecule has 0 fully saturated rings. The molecule has 2 rings (SSSR count). The number of nitrogens with one attached hydrogen (secondary N) is 1. The first kappa shape index (κ1) is 16.8. The number of carbonyl (C=O) groups is 2. The maximum absolute atomic E-state index is 11.8. The van der Waals surface area contributed by atoms with E-state index in [1.807, 2.05) is 0 Å². The van der Waals surface area contributed by atoms with Crippen LogP contribution in [0.15, 0.2) is 53.6 Å². The number of nitro benzene ring substituents is 1. The van der Waals surface area contributed by atoms with Crippen molar-refractivity contribution in [1.82, 2.24) is 5.43 Å². The van der Waals surface area contributed by atoms with E-state index < -0.39 is 16.8 Å². The maximum Gasteiger partial charge on any atom is 0.335 e. The van der Waals surface area contributed by atoms with Gasteiger partial charge in [-0.05, 0) is 17.7 Å². The van der Waals surface area contributed by atoms with Gasteiger partial charge in [-0.3, -0.25) is 14.9 Å². The van der Waals surface area contributed by atoms with Gasteiger partial charge in [0, 0.05) is 11.6 Å². The van der Waals surface area contributed by atoms with Gasteiger partial charge in [-0.25, -0.2) is 10.2 Å². The molecule has 2 aromatic rings. The zero-order valence-electron chi connectivity index (χ0n) is 12.4. The molecule has 0 spiro atoms. The molecule has 24 heavy (non-hydrogen) atoms. The number of amides is 1. The summed E-state index contributed by atoms with van der Waals surface area (Å²) in [4.78, 5) is 32.9. The molecule has 8 heteroatoms. The fraction of sp³-hybridized carbons (Fsp3) is 0.0625. The number of carboxylic acid groups (broad SMARTS) is 1. The minimum atomic E-state index is -1.03. The number of nitro groups is 1. The van der Waals surface area contributed by atoms with Crippen LogP contribution in [0.5, 0.6) is 0 Å². The third-order valence-electron chi connectivity index (χ3n) is 3.10. The second-order valence-electron chi connectivity index (χ2n) is 4.78. The van der Waals surface area contributed by atoms with Crippen molar-refractivity contribution in [2.45, 2.75) is 6.42 Å². The largest absolute Gasteiger partial charge is 0.478 e. The van der Waals surface area contributed by atoms with Crippen LogP contribution in [-0.2, 0) is 11.2 Å². The lowest BCUT2D eigenvalue weighted by molar-refractivity contribution is -0.385. The molecule has 0 saturated carbocycles. The predicted molar refractivity (Wildman–Crippen MR) is 85.9 cm³/mol. The van der Waals surface area contributed by atoms with Crippen molar-refractivity contribution in [1.29, 1.82) is 0 Å². The number of nitrogens with zero attached hydrogens (tertiary/aromatic N) is 2. The van der Waals surface area contributed by atoms with Crippen LogP contribution in [0.1, 0.15) is 21.5 Å². The van der Waals surface area contributed by atoms with Crippen LogP contribution in [0, 0.1) is 10.1 Å². The van der Waals surface area contributed by atoms with Gasteiger partial charge in [0.05, 0.1) is 23.1 Å². The Balaban J connectivity index is 1.96. The first-order valence-electron chi connectivity index (χ1n) is 6.85. The molecule has 8 nitrogen and oxygen atoms in total. The summed E-state index contributed by atoms with van der Waals surface area (Å²) in [6.45, 7) is 0. The summed E-state index contributed by atoms with van der Waals surface area (Å²) in [6.07, 6.45) is 1.18. The molecule has 0 radical (unpaired) electrons.